The Morgan fingerprint density at radius 3 is 3.06 bits per heavy atom. The number of benzene rings is 1. The van der Waals surface area contributed by atoms with Gasteiger partial charge in [-0.25, -0.2) is 4.79 Å². The van der Waals surface area contributed by atoms with Crippen molar-refractivity contribution in [2.45, 2.75) is 25.9 Å². The Balaban J connectivity index is 2.00. The highest BCUT2D eigenvalue weighted by Crippen LogP contribution is 2.18. The van der Waals surface area contributed by atoms with Crippen molar-refractivity contribution in [3.8, 4) is 0 Å². The topological polar surface area (TPSA) is 47.6 Å². The summed E-state index contributed by atoms with van der Waals surface area (Å²) in [4.78, 5) is 11.8. The lowest BCUT2D eigenvalue weighted by atomic mass is 10.1. The summed E-state index contributed by atoms with van der Waals surface area (Å²) in [6.07, 6.45) is 2.45. The zero-order valence-electron chi connectivity index (χ0n) is 10.6. The molecule has 1 saturated heterocycles. The van der Waals surface area contributed by atoms with Crippen molar-refractivity contribution in [1.82, 2.24) is 0 Å². The van der Waals surface area contributed by atoms with Crippen LogP contribution in [0.25, 0.3) is 0 Å². The molecule has 4 nitrogen and oxygen atoms in total. The van der Waals surface area contributed by atoms with E-state index in [4.69, 9.17) is 9.47 Å². The van der Waals surface area contributed by atoms with Crippen LogP contribution in [0.15, 0.2) is 24.3 Å². The number of rotatable bonds is 5. The third-order valence-corrected chi connectivity index (χ3v) is 2.97. The Hall–Kier alpha value is -1.55. The number of hydrogen-bond donors (Lipinski definition) is 1. The van der Waals surface area contributed by atoms with Gasteiger partial charge in [0.1, 0.15) is 0 Å². The molecule has 0 aliphatic carbocycles. The summed E-state index contributed by atoms with van der Waals surface area (Å²) < 4.78 is 10.6. The molecule has 0 amide bonds. The number of carbonyl (C=O) groups excluding carboxylic acids is 1. The molecule has 1 fully saturated rings. The lowest BCUT2D eigenvalue weighted by Crippen LogP contribution is -2.20. The van der Waals surface area contributed by atoms with Crippen LogP contribution in [0.4, 0.5) is 5.69 Å². The Morgan fingerprint density at radius 2 is 2.33 bits per heavy atom. The van der Waals surface area contributed by atoms with E-state index in [1.54, 1.807) is 13.0 Å². The molecule has 0 spiro atoms. The molecular formula is C14H19NO3. The van der Waals surface area contributed by atoms with Crippen molar-refractivity contribution in [2.24, 2.45) is 0 Å². The molecule has 1 heterocycles. The van der Waals surface area contributed by atoms with Gasteiger partial charge in [0.25, 0.3) is 0 Å². The van der Waals surface area contributed by atoms with Gasteiger partial charge in [0, 0.05) is 18.8 Å². The van der Waals surface area contributed by atoms with Gasteiger partial charge in [-0.3, -0.25) is 0 Å². The molecule has 1 aliphatic rings. The number of carbonyl (C=O) groups is 1. The Kier molecular flexibility index (Phi) is 4.59. The molecule has 1 unspecified atom stereocenters. The fourth-order valence-corrected chi connectivity index (χ4v) is 2.05. The van der Waals surface area contributed by atoms with Crippen LogP contribution >= 0.6 is 0 Å². The molecule has 0 saturated carbocycles. The molecule has 1 aliphatic heterocycles. The molecule has 0 radical (unpaired) electrons. The molecule has 1 aromatic carbocycles. The largest absolute Gasteiger partial charge is 0.462 e. The first-order valence-corrected chi connectivity index (χ1v) is 6.43. The lowest BCUT2D eigenvalue weighted by molar-refractivity contribution is 0.0527. The average molecular weight is 249 g/mol. The van der Waals surface area contributed by atoms with E-state index in [1.807, 2.05) is 18.2 Å². The van der Waals surface area contributed by atoms with Gasteiger partial charge in [0.15, 0.2) is 0 Å². The smallest absolute Gasteiger partial charge is 0.340 e. The number of ether oxygens (including phenoxy) is 2. The van der Waals surface area contributed by atoms with Crippen LogP contribution in [0, 0.1) is 0 Å². The van der Waals surface area contributed by atoms with Gasteiger partial charge in [-0.15, -0.1) is 0 Å². The molecule has 98 valence electrons. The number of hydrogen-bond acceptors (Lipinski definition) is 4. The van der Waals surface area contributed by atoms with Crippen LogP contribution in [0.5, 0.6) is 0 Å². The van der Waals surface area contributed by atoms with Crippen molar-refractivity contribution in [3.05, 3.63) is 29.8 Å². The summed E-state index contributed by atoms with van der Waals surface area (Å²) in [6.45, 7) is 3.77. The first-order valence-electron chi connectivity index (χ1n) is 6.43. The first-order chi connectivity index (χ1) is 8.81. The van der Waals surface area contributed by atoms with Crippen molar-refractivity contribution in [2.75, 3.05) is 25.1 Å². The second-order valence-electron chi connectivity index (χ2n) is 4.28. The highest BCUT2D eigenvalue weighted by Gasteiger charge is 2.17. The fourth-order valence-electron chi connectivity index (χ4n) is 2.05. The molecule has 1 atom stereocenters. The predicted octanol–water partition coefficient (Wildman–Crippen LogP) is 2.45. The monoisotopic (exact) mass is 249 g/mol. The molecular weight excluding hydrogens is 230 g/mol. The zero-order chi connectivity index (χ0) is 12.8. The van der Waals surface area contributed by atoms with Gasteiger partial charge in [0.2, 0.25) is 0 Å². The van der Waals surface area contributed by atoms with Crippen molar-refractivity contribution >= 4 is 11.7 Å². The highest BCUT2D eigenvalue weighted by molar-refractivity contribution is 5.95. The summed E-state index contributed by atoms with van der Waals surface area (Å²) in [7, 11) is 0. The number of para-hydroxylation sites is 1. The Bertz CT molecular complexity index is 400. The lowest BCUT2D eigenvalue weighted by Gasteiger charge is -2.14. The maximum absolute atomic E-state index is 11.8. The van der Waals surface area contributed by atoms with E-state index in [9.17, 15) is 4.79 Å². The quantitative estimate of drug-likeness (QED) is 0.814. The van der Waals surface area contributed by atoms with Crippen molar-refractivity contribution in [1.29, 1.82) is 0 Å². The van der Waals surface area contributed by atoms with Gasteiger partial charge in [-0.1, -0.05) is 12.1 Å². The van der Waals surface area contributed by atoms with Gasteiger partial charge in [0.05, 0.1) is 18.3 Å². The van der Waals surface area contributed by atoms with E-state index in [2.05, 4.69) is 5.32 Å². The normalized spacial score (nSPS) is 18.6. The summed E-state index contributed by atoms with van der Waals surface area (Å²) >= 11 is 0. The molecule has 0 bridgehead atoms. The minimum atomic E-state index is -0.284. The minimum Gasteiger partial charge on any atom is -0.462 e. The number of nitrogens with one attached hydrogen (secondary N) is 1. The average Bonchev–Trinajstić information content (AvgIpc) is 2.90. The molecule has 18 heavy (non-hydrogen) atoms. The second kappa shape index (κ2) is 6.40. The van der Waals surface area contributed by atoms with Crippen molar-refractivity contribution < 1.29 is 14.3 Å². The van der Waals surface area contributed by atoms with Crippen LogP contribution in [0.3, 0.4) is 0 Å². The summed E-state index contributed by atoms with van der Waals surface area (Å²) in [5, 5.41) is 3.27. The van der Waals surface area contributed by atoms with Gasteiger partial charge < -0.3 is 14.8 Å². The molecule has 4 heteroatoms. The van der Waals surface area contributed by atoms with E-state index in [0.29, 0.717) is 12.2 Å². The van der Waals surface area contributed by atoms with Crippen LogP contribution in [0.2, 0.25) is 0 Å². The highest BCUT2D eigenvalue weighted by atomic mass is 16.5. The molecule has 0 aromatic heterocycles. The van der Waals surface area contributed by atoms with E-state index in [1.165, 1.54) is 0 Å². The Morgan fingerprint density at radius 1 is 1.50 bits per heavy atom. The maximum Gasteiger partial charge on any atom is 0.340 e. The predicted molar refractivity (Wildman–Crippen MR) is 69.9 cm³/mol. The van der Waals surface area contributed by atoms with Crippen LogP contribution in [0.1, 0.15) is 30.1 Å². The van der Waals surface area contributed by atoms with E-state index < -0.39 is 0 Å². The summed E-state index contributed by atoms with van der Waals surface area (Å²) in [5.74, 6) is -0.284. The summed E-state index contributed by atoms with van der Waals surface area (Å²) in [6, 6.07) is 7.40. The van der Waals surface area contributed by atoms with Crippen molar-refractivity contribution in [3.63, 3.8) is 0 Å². The SMILES string of the molecule is CCOC(=O)c1ccccc1NCC1CCCO1. The fraction of sp³-hybridized carbons (Fsp3) is 0.500. The Labute approximate surface area is 107 Å². The first kappa shape index (κ1) is 12.9. The third kappa shape index (κ3) is 3.23. The van der Waals surface area contributed by atoms with E-state index >= 15 is 0 Å². The molecule has 1 N–H and O–H groups in total. The standard InChI is InChI=1S/C14H19NO3/c1-2-17-14(16)12-7-3-4-8-13(12)15-10-11-6-5-9-18-11/h3-4,7-8,11,15H,2,5-6,9-10H2,1H3. The number of esters is 1. The second-order valence-corrected chi connectivity index (χ2v) is 4.28. The molecule has 2 rings (SSSR count). The minimum absolute atomic E-state index is 0.250. The zero-order valence-corrected chi connectivity index (χ0v) is 10.6. The third-order valence-electron chi connectivity index (χ3n) is 2.97. The number of anilines is 1. The summed E-state index contributed by atoms with van der Waals surface area (Å²) in [5.41, 5.74) is 1.39. The van der Waals surface area contributed by atoms with Crippen LogP contribution < -0.4 is 5.32 Å². The van der Waals surface area contributed by atoms with Crippen LogP contribution in [-0.2, 0) is 9.47 Å². The van der Waals surface area contributed by atoms with Gasteiger partial charge in [-0.2, -0.15) is 0 Å². The van der Waals surface area contributed by atoms with Gasteiger partial charge in [-0.05, 0) is 31.9 Å². The van der Waals surface area contributed by atoms with Crippen LogP contribution in [-0.4, -0.2) is 31.8 Å². The van der Waals surface area contributed by atoms with Gasteiger partial charge >= 0.3 is 5.97 Å². The maximum atomic E-state index is 11.8. The van der Waals surface area contributed by atoms with E-state index in [-0.39, 0.29) is 12.1 Å². The van der Waals surface area contributed by atoms with E-state index in [0.717, 1.165) is 31.7 Å². The molecule has 1 aromatic rings.